The molecule has 1 heterocycles. The van der Waals surface area contributed by atoms with Gasteiger partial charge in [-0.2, -0.15) is 0 Å². The molecule has 1 unspecified atom stereocenters. The van der Waals surface area contributed by atoms with Crippen molar-refractivity contribution in [2.24, 2.45) is 0 Å². The van der Waals surface area contributed by atoms with Crippen LogP contribution in [0.4, 0.5) is 0 Å². The predicted molar refractivity (Wildman–Crippen MR) is 58.0 cm³/mol. The van der Waals surface area contributed by atoms with Gasteiger partial charge >= 0.3 is 0 Å². The molecule has 1 atom stereocenters. The monoisotopic (exact) mass is 205 g/mol. The van der Waals surface area contributed by atoms with E-state index < -0.39 is 0 Å². The summed E-state index contributed by atoms with van der Waals surface area (Å²) in [6.45, 7) is 1.72. The number of benzene rings is 1. The highest BCUT2D eigenvalue weighted by atomic mass is 16.5. The SMILES string of the molecule is COc1ccc(C2CCN(C=O)C2)cc1. The lowest BCUT2D eigenvalue weighted by Gasteiger charge is -2.11. The molecule has 80 valence electrons. The molecule has 0 aliphatic carbocycles. The van der Waals surface area contributed by atoms with E-state index >= 15 is 0 Å². The lowest BCUT2D eigenvalue weighted by molar-refractivity contribution is -0.117. The molecule has 1 saturated heterocycles. The largest absolute Gasteiger partial charge is 0.497 e. The molecule has 0 spiro atoms. The average Bonchev–Trinajstić information content (AvgIpc) is 2.78. The Hall–Kier alpha value is -1.51. The Kier molecular flexibility index (Phi) is 2.90. The first-order chi connectivity index (χ1) is 7.33. The van der Waals surface area contributed by atoms with Gasteiger partial charge in [0.2, 0.25) is 6.41 Å². The smallest absolute Gasteiger partial charge is 0.209 e. The second kappa shape index (κ2) is 4.34. The van der Waals surface area contributed by atoms with Crippen molar-refractivity contribution in [1.82, 2.24) is 4.90 Å². The third-order valence-electron chi connectivity index (χ3n) is 2.96. The summed E-state index contributed by atoms with van der Waals surface area (Å²) in [5.74, 6) is 1.37. The van der Waals surface area contributed by atoms with Crippen molar-refractivity contribution in [2.45, 2.75) is 12.3 Å². The van der Waals surface area contributed by atoms with Crippen LogP contribution in [0.25, 0.3) is 0 Å². The highest BCUT2D eigenvalue weighted by Gasteiger charge is 2.22. The summed E-state index contributed by atoms with van der Waals surface area (Å²) in [5, 5.41) is 0. The molecule has 0 N–H and O–H groups in total. The molecule has 2 rings (SSSR count). The topological polar surface area (TPSA) is 29.5 Å². The molecule has 0 saturated carbocycles. The number of amides is 1. The van der Waals surface area contributed by atoms with Crippen LogP contribution in [0.2, 0.25) is 0 Å². The zero-order chi connectivity index (χ0) is 10.7. The van der Waals surface area contributed by atoms with E-state index in [9.17, 15) is 4.79 Å². The number of rotatable bonds is 3. The highest BCUT2D eigenvalue weighted by molar-refractivity contribution is 5.48. The minimum Gasteiger partial charge on any atom is -0.497 e. The molecule has 1 amide bonds. The quantitative estimate of drug-likeness (QED) is 0.702. The number of ether oxygens (including phenoxy) is 1. The second-order valence-corrected chi connectivity index (χ2v) is 3.86. The van der Waals surface area contributed by atoms with Gasteiger partial charge in [-0.1, -0.05) is 12.1 Å². The summed E-state index contributed by atoms with van der Waals surface area (Å²) in [4.78, 5) is 12.4. The Bertz CT molecular complexity index is 334. The van der Waals surface area contributed by atoms with Crippen LogP contribution < -0.4 is 4.74 Å². The number of carbonyl (C=O) groups excluding carboxylic acids is 1. The van der Waals surface area contributed by atoms with Crippen LogP contribution in [-0.4, -0.2) is 31.5 Å². The maximum Gasteiger partial charge on any atom is 0.209 e. The van der Waals surface area contributed by atoms with E-state index in [0.29, 0.717) is 5.92 Å². The average molecular weight is 205 g/mol. The van der Waals surface area contributed by atoms with Gasteiger partial charge in [-0.3, -0.25) is 4.79 Å². The second-order valence-electron chi connectivity index (χ2n) is 3.86. The van der Waals surface area contributed by atoms with Crippen LogP contribution >= 0.6 is 0 Å². The van der Waals surface area contributed by atoms with E-state index in [2.05, 4.69) is 12.1 Å². The molecule has 1 fully saturated rings. The van der Waals surface area contributed by atoms with Crippen molar-refractivity contribution in [2.75, 3.05) is 20.2 Å². The van der Waals surface area contributed by atoms with Gasteiger partial charge in [0.25, 0.3) is 0 Å². The Morgan fingerprint density at radius 1 is 1.40 bits per heavy atom. The number of hydrogen-bond acceptors (Lipinski definition) is 2. The standard InChI is InChI=1S/C12H15NO2/c1-15-12-4-2-10(3-5-12)11-6-7-13(8-11)9-14/h2-5,9,11H,6-8H2,1H3. The lowest BCUT2D eigenvalue weighted by atomic mass is 9.98. The third-order valence-corrected chi connectivity index (χ3v) is 2.96. The number of hydrogen-bond donors (Lipinski definition) is 0. The summed E-state index contributed by atoms with van der Waals surface area (Å²) < 4.78 is 5.11. The number of carbonyl (C=O) groups is 1. The Balaban J connectivity index is 2.07. The third kappa shape index (κ3) is 2.12. The molecule has 3 nitrogen and oxygen atoms in total. The molecular weight excluding hydrogens is 190 g/mol. The molecule has 3 heteroatoms. The Morgan fingerprint density at radius 3 is 2.67 bits per heavy atom. The molecule has 15 heavy (non-hydrogen) atoms. The maximum atomic E-state index is 10.6. The summed E-state index contributed by atoms with van der Waals surface area (Å²) in [6, 6.07) is 8.10. The van der Waals surface area contributed by atoms with Crippen LogP contribution in [0.15, 0.2) is 24.3 Å². The van der Waals surface area contributed by atoms with Gasteiger partial charge in [0, 0.05) is 19.0 Å². The van der Waals surface area contributed by atoms with Crippen LogP contribution in [0.5, 0.6) is 5.75 Å². The molecular formula is C12H15NO2. The molecule has 0 radical (unpaired) electrons. The van der Waals surface area contributed by atoms with Crippen LogP contribution in [0.1, 0.15) is 17.9 Å². The van der Waals surface area contributed by atoms with Crippen LogP contribution in [-0.2, 0) is 4.79 Å². The first-order valence-corrected chi connectivity index (χ1v) is 5.17. The predicted octanol–water partition coefficient (Wildman–Crippen LogP) is 1.64. The van der Waals surface area contributed by atoms with Gasteiger partial charge in [-0.15, -0.1) is 0 Å². The van der Waals surface area contributed by atoms with Crippen LogP contribution in [0, 0.1) is 0 Å². The van der Waals surface area contributed by atoms with Crippen molar-refractivity contribution in [3.05, 3.63) is 29.8 Å². The van der Waals surface area contributed by atoms with E-state index in [1.54, 1.807) is 7.11 Å². The normalized spacial score (nSPS) is 20.3. The van der Waals surface area contributed by atoms with Crippen molar-refractivity contribution >= 4 is 6.41 Å². The first-order valence-electron chi connectivity index (χ1n) is 5.17. The van der Waals surface area contributed by atoms with E-state index in [1.807, 2.05) is 17.0 Å². The number of nitrogens with zero attached hydrogens (tertiary/aromatic N) is 1. The van der Waals surface area contributed by atoms with E-state index in [1.165, 1.54) is 5.56 Å². The highest BCUT2D eigenvalue weighted by Crippen LogP contribution is 2.27. The fourth-order valence-corrected chi connectivity index (χ4v) is 2.03. The summed E-state index contributed by atoms with van der Waals surface area (Å²) in [5.41, 5.74) is 1.29. The fraction of sp³-hybridized carbons (Fsp3) is 0.417. The van der Waals surface area contributed by atoms with Crippen molar-refractivity contribution in [3.8, 4) is 5.75 Å². The Labute approximate surface area is 89.7 Å². The first kappa shape index (κ1) is 10.0. The Morgan fingerprint density at radius 2 is 2.13 bits per heavy atom. The minimum absolute atomic E-state index is 0.487. The van der Waals surface area contributed by atoms with Gasteiger partial charge < -0.3 is 9.64 Å². The summed E-state index contributed by atoms with van der Waals surface area (Å²) >= 11 is 0. The van der Waals surface area contributed by atoms with E-state index in [0.717, 1.165) is 31.7 Å². The summed E-state index contributed by atoms with van der Waals surface area (Å²) in [7, 11) is 1.67. The van der Waals surface area contributed by atoms with Crippen molar-refractivity contribution in [1.29, 1.82) is 0 Å². The lowest BCUT2D eigenvalue weighted by Crippen LogP contribution is -2.17. The van der Waals surface area contributed by atoms with Crippen molar-refractivity contribution < 1.29 is 9.53 Å². The maximum absolute atomic E-state index is 10.6. The van der Waals surface area contributed by atoms with Gasteiger partial charge in [0.1, 0.15) is 5.75 Å². The zero-order valence-electron chi connectivity index (χ0n) is 8.85. The van der Waals surface area contributed by atoms with Crippen molar-refractivity contribution in [3.63, 3.8) is 0 Å². The molecule has 1 aromatic carbocycles. The number of methoxy groups -OCH3 is 1. The van der Waals surface area contributed by atoms with Gasteiger partial charge in [0.15, 0.2) is 0 Å². The van der Waals surface area contributed by atoms with E-state index in [-0.39, 0.29) is 0 Å². The summed E-state index contributed by atoms with van der Waals surface area (Å²) in [6.07, 6.45) is 1.99. The molecule has 1 aromatic rings. The molecule has 1 aliphatic heterocycles. The van der Waals surface area contributed by atoms with Crippen LogP contribution in [0.3, 0.4) is 0 Å². The fourth-order valence-electron chi connectivity index (χ4n) is 2.03. The molecule has 0 aromatic heterocycles. The molecule has 0 bridgehead atoms. The van der Waals surface area contributed by atoms with Gasteiger partial charge in [0.05, 0.1) is 7.11 Å². The van der Waals surface area contributed by atoms with Gasteiger partial charge in [-0.05, 0) is 24.1 Å². The molecule has 1 aliphatic rings. The number of likely N-dealkylation sites (tertiary alicyclic amines) is 1. The minimum atomic E-state index is 0.487. The van der Waals surface area contributed by atoms with Gasteiger partial charge in [-0.25, -0.2) is 0 Å². The van der Waals surface area contributed by atoms with E-state index in [4.69, 9.17) is 4.74 Å². The zero-order valence-corrected chi connectivity index (χ0v) is 8.85.